The number of aromatic nitrogens is 3. The van der Waals surface area contributed by atoms with Crippen LogP contribution >= 0.6 is 0 Å². The van der Waals surface area contributed by atoms with Crippen molar-refractivity contribution >= 4 is 11.9 Å². The Morgan fingerprint density at radius 2 is 2.11 bits per heavy atom. The molecule has 1 atom stereocenters. The number of ether oxygens (including phenoxy) is 2. The van der Waals surface area contributed by atoms with Crippen molar-refractivity contribution in [3.05, 3.63) is 11.9 Å². The summed E-state index contributed by atoms with van der Waals surface area (Å²) in [6, 6.07) is -0.322. The second-order valence-electron chi connectivity index (χ2n) is 7.40. The highest BCUT2D eigenvalue weighted by molar-refractivity contribution is 5.92. The van der Waals surface area contributed by atoms with Crippen molar-refractivity contribution in [2.24, 2.45) is 5.92 Å². The van der Waals surface area contributed by atoms with E-state index in [1.807, 2.05) is 0 Å². The Labute approximate surface area is 160 Å². The molecule has 2 aliphatic rings. The third-order valence-electron chi connectivity index (χ3n) is 5.44. The van der Waals surface area contributed by atoms with Gasteiger partial charge in [-0.15, -0.1) is 5.10 Å². The number of amides is 1. The van der Waals surface area contributed by atoms with E-state index in [1.165, 1.54) is 32.1 Å². The van der Waals surface area contributed by atoms with E-state index in [0.717, 1.165) is 18.9 Å². The maximum absolute atomic E-state index is 12.9. The van der Waals surface area contributed by atoms with Crippen molar-refractivity contribution in [1.82, 2.24) is 19.9 Å². The molecule has 1 unspecified atom stereocenters. The molecule has 3 rings (SSSR count). The quantitative estimate of drug-likeness (QED) is 0.675. The lowest BCUT2D eigenvalue weighted by Crippen LogP contribution is -2.49. The molecule has 8 nitrogen and oxygen atoms in total. The van der Waals surface area contributed by atoms with Crippen molar-refractivity contribution in [2.45, 2.75) is 64.5 Å². The number of hydrogen-bond acceptors (Lipinski definition) is 6. The molecule has 1 saturated carbocycles. The molecule has 1 amide bonds. The van der Waals surface area contributed by atoms with E-state index in [4.69, 9.17) is 9.47 Å². The molecule has 0 aromatic carbocycles. The van der Waals surface area contributed by atoms with Gasteiger partial charge in [0.05, 0.1) is 38.5 Å². The molecule has 1 aliphatic heterocycles. The summed E-state index contributed by atoms with van der Waals surface area (Å²) in [6.45, 7) is 4.12. The van der Waals surface area contributed by atoms with E-state index in [2.05, 4.69) is 10.3 Å². The Balaban J connectivity index is 1.56. The molecule has 27 heavy (non-hydrogen) atoms. The van der Waals surface area contributed by atoms with Gasteiger partial charge in [-0.05, 0) is 19.3 Å². The minimum absolute atomic E-state index is 0.134. The molecule has 0 spiro atoms. The summed E-state index contributed by atoms with van der Waals surface area (Å²) in [4.78, 5) is 26.3. The fourth-order valence-electron chi connectivity index (χ4n) is 3.95. The van der Waals surface area contributed by atoms with Gasteiger partial charge in [0.1, 0.15) is 0 Å². The first kappa shape index (κ1) is 19.8. The monoisotopic (exact) mass is 378 g/mol. The highest BCUT2D eigenvalue weighted by atomic mass is 16.5. The molecule has 8 heteroatoms. The molecule has 2 fully saturated rings. The van der Waals surface area contributed by atoms with Crippen LogP contribution in [0.1, 0.15) is 62.4 Å². The maximum atomic E-state index is 12.9. The van der Waals surface area contributed by atoms with Crippen LogP contribution in [0.25, 0.3) is 0 Å². The normalized spacial score (nSPS) is 21.2. The number of esters is 1. The molecule has 2 heterocycles. The van der Waals surface area contributed by atoms with Crippen molar-refractivity contribution in [1.29, 1.82) is 0 Å². The number of aryl methyl sites for hydroxylation is 1. The number of nitrogens with zero attached hydrogens (tertiary/aromatic N) is 4. The number of rotatable bonds is 7. The van der Waals surface area contributed by atoms with Crippen LogP contribution in [-0.4, -0.2) is 64.2 Å². The SMILES string of the molecule is CCOC(=O)CC1COCCN1C(=O)c1cn(CCC2CCCCC2)nn1. The Morgan fingerprint density at radius 3 is 2.89 bits per heavy atom. The van der Waals surface area contributed by atoms with Crippen LogP contribution in [0.15, 0.2) is 6.20 Å². The molecule has 1 aromatic rings. The molecule has 0 N–H and O–H groups in total. The smallest absolute Gasteiger partial charge is 0.307 e. The Morgan fingerprint density at radius 1 is 1.30 bits per heavy atom. The van der Waals surface area contributed by atoms with Crippen molar-refractivity contribution in [3.8, 4) is 0 Å². The zero-order valence-electron chi connectivity index (χ0n) is 16.1. The van der Waals surface area contributed by atoms with Gasteiger partial charge in [0.2, 0.25) is 0 Å². The van der Waals surface area contributed by atoms with E-state index in [1.54, 1.807) is 22.7 Å². The van der Waals surface area contributed by atoms with Crippen molar-refractivity contribution in [2.75, 3.05) is 26.4 Å². The topological polar surface area (TPSA) is 86.5 Å². The Kier molecular flexibility index (Phi) is 7.20. The van der Waals surface area contributed by atoms with Crippen LogP contribution in [0.3, 0.4) is 0 Å². The molecule has 1 aliphatic carbocycles. The second-order valence-corrected chi connectivity index (χ2v) is 7.40. The molecule has 0 radical (unpaired) electrons. The van der Waals surface area contributed by atoms with Gasteiger partial charge < -0.3 is 14.4 Å². The molecular formula is C19H30N4O4. The number of morpholine rings is 1. The predicted molar refractivity (Wildman–Crippen MR) is 98.1 cm³/mol. The minimum Gasteiger partial charge on any atom is -0.466 e. The standard InChI is InChI=1S/C19H30N4O4/c1-2-27-18(24)12-16-14-26-11-10-23(16)19(25)17-13-22(21-20-17)9-8-15-6-4-3-5-7-15/h13,15-16H,2-12,14H2,1H3. The summed E-state index contributed by atoms with van der Waals surface area (Å²) in [5, 5.41) is 8.20. The number of carbonyl (C=O) groups is 2. The third kappa shape index (κ3) is 5.51. The van der Waals surface area contributed by atoms with Crippen molar-refractivity contribution in [3.63, 3.8) is 0 Å². The summed E-state index contributed by atoms with van der Waals surface area (Å²) >= 11 is 0. The summed E-state index contributed by atoms with van der Waals surface area (Å²) < 4.78 is 12.2. The van der Waals surface area contributed by atoms with E-state index in [-0.39, 0.29) is 24.3 Å². The van der Waals surface area contributed by atoms with Crippen LogP contribution in [-0.2, 0) is 20.8 Å². The summed E-state index contributed by atoms with van der Waals surface area (Å²) in [7, 11) is 0. The summed E-state index contributed by atoms with van der Waals surface area (Å²) in [6.07, 6.45) is 9.53. The van der Waals surface area contributed by atoms with Gasteiger partial charge in [0, 0.05) is 13.1 Å². The summed E-state index contributed by atoms with van der Waals surface area (Å²) in [5.74, 6) is 0.244. The van der Waals surface area contributed by atoms with Gasteiger partial charge in [-0.2, -0.15) is 0 Å². The van der Waals surface area contributed by atoms with Crippen LogP contribution < -0.4 is 0 Å². The maximum Gasteiger partial charge on any atom is 0.307 e. The van der Waals surface area contributed by atoms with Gasteiger partial charge in [-0.25, -0.2) is 0 Å². The number of carbonyl (C=O) groups excluding carboxylic acids is 2. The molecule has 1 saturated heterocycles. The van der Waals surface area contributed by atoms with Gasteiger partial charge in [0.25, 0.3) is 5.91 Å². The van der Waals surface area contributed by atoms with Crippen LogP contribution in [0.5, 0.6) is 0 Å². The van der Waals surface area contributed by atoms with Gasteiger partial charge in [-0.1, -0.05) is 37.3 Å². The number of hydrogen-bond donors (Lipinski definition) is 0. The molecular weight excluding hydrogens is 348 g/mol. The minimum atomic E-state index is -0.322. The zero-order chi connectivity index (χ0) is 19.1. The average Bonchev–Trinajstić information content (AvgIpc) is 3.16. The lowest BCUT2D eigenvalue weighted by molar-refractivity contribution is -0.145. The largest absolute Gasteiger partial charge is 0.466 e. The first-order valence-corrected chi connectivity index (χ1v) is 10.1. The Hall–Kier alpha value is -1.96. The lowest BCUT2D eigenvalue weighted by atomic mass is 9.87. The van der Waals surface area contributed by atoms with E-state index >= 15 is 0 Å². The van der Waals surface area contributed by atoms with E-state index in [0.29, 0.717) is 32.1 Å². The first-order chi connectivity index (χ1) is 13.2. The fourth-order valence-corrected chi connectivity index (χ4v) is 3.95. The van der Waals surface area contributed by atoms with Crippen LogP contribution in [0.2, 0.25) is 0 Å². The van der Waals surface area contributed by atoms with Gasteiger partial charge in [-0.3, -0.25) is 14.3 Å². The lowest BCUT2D eigenvalue weighted by Gasteiger charge is -2.34. The fraction of sp³-hybridized carbons (Fsp3) is 0.789. The molecule has 1 aromatic heterocycles. The van der Waals surface area contributed by atoms with Gasteiger partial charge in [0.15, 0.2) is 5.69 Å². The molecule has 150 valence electrons. The molecule has 0 bridgehead atoms. The van der Waals surface area contributed by atoms with Crippen LogP contribution in [0, 0.1) is 5.92 Å². The van der Waals surface area contributed by atoms with Gasteiger partial charge >= 0.3 is 5.97 Å². The van der Waals surface area contributed by atoms with E-state index in [9.17, 15) is 9.59 Å². The van der Waals surface area contributed by atoms with Crippen LogP contribution in [0.4, 0.5) is 0 Å². The zero-order valence-corrected chi connectivity index (χ0v) is 16.1. The second kappa shape index (κ2) is 9.82. The van der Waals surface area contributed by atoms with Crippen molar-refractivity contribution < 1.29 is 19.1 Å². The first-order valence-electron chi connectivity index (χ1n) is 10.1. The predicted octanol–water partition coefficient (Wildman–Crippen LogP) is 2.04. The highest BCUT2D eigenvalue weighted by Gasteiger charge is 2.31. The average molecular weight is 378 g/mol. The van der Waals surface area contributed by atoms with E-state index < -0.39 is 0 Å². The third-order valence-corrected chi connectivity index (χ3v) is 5.44. The Bertz CT molecular complexity index is 627. The highest BCUT2D eigenvalue weighted by Crippen LogP contribution is 2.26. The summed E-state index contributed by atoms with van der Waals surface area (Å²) in [5.41, 5.74) is 0.328.